The molecule has 5 heteroatoms. The molecule has 18 heavy (non-hydrogen) atoms. The average Bonchev–Trinajstić information content (AvgIpc) is 3.14. The normalized spacial score (nSPS) is 15.1. The van der Waals surface area contributed by atoms with Gasteiger partial charge in [0, 0.05) is 30.3 Å². The summed E-state index contributed by atoms with van der Waals surface area (Å²) in [4.78, 5) is 2.18. The van der Waals surface area contributed by atoms with E-state index in [1.54, 1.807) is 18.2 Å². The summed E-state index contributed by atoms with van der Waals surface area (Å²) in [6, 6.07) is 5.57. The van der Waals surface area contributed by atoms with Crippen molar-refractivity contribution in [2.45, 2.75) is 25.4 Å². The van der Waals surface area contributed by atoms with E-state index in [-0.39, 0.29) is 17.4 Å². The molecule has 98 valence electrons. The SMILES string of the molecule is NC(=S)c1cccc(CN(CCO)C2CC2)c1F. The number of hydrogen-bond acceptors (Lipinski definition) is 3. The largest absolute Gasteiger partial charge is 0.395 e. The number of halogens is 1. The van der Waals surface area contributed by atoms with Gasteiger partial charge in [-0.05, 0) is 18.9 Å². The second-order valence-corrected chi connectivity index (χ2v) is 5.01. The van der Waals surface area contributed by atoms with E-state index in [9.17, 15) is 4.39 Å². The van der Waals surface area contributed by atoms with E-state index in [1.807, 2.05) is 0 Å². The summed E-state index contributed by atoms with van der Waals surface area (Å²) in [5.41, 5.74) is 6.36. The van der Waals surface area contributed by atoms with Crippen molar-refractivity contribution >= 4 is 17.2 Å². The molecular formula is C13H17FN2OS. The van der Waals surface area contributed by atoms with Crippen LogP contribution >= 0.6 is 12.2 Å². The molecule has 0 radical (unpaired) electrons. The predicted octanol–water partition coefficient (Wildman–Crippen LogP) is 1.42. The number of nitrogens with two attached hydrogens (primary N) is 1. The Morgan fingerprint density at radius 1 is 1.50 bits per heavy atom. The molecule has 0 unspecified atom stereocenters. The van der Waals surface area contributed by atoms with Crippen molar-refractivity contribution in [2.75, 3.05) is 13.2 Å². The smallest absolute Gasteiger partial charge is 0.137 e. The van der Waals surface area contributed by atoms with Gasteiger partial charge in [-0.3, -0.25) is 4.90 Å². The third kappa shape index (κ3) is 3.04. The quantitative estimate of drug-likeness (QED) is 0.766. The lowest BCUT2D eigenvalue weighted by molar-refractivity contribution is 0.182. The Kier molecular flexibility index (Phi) is 4.27. The zero-order valence-electron chi connectivity index (χ0n) is 10.1. The first-order valence-electron chi connectivity index (χ1n) is 6.05. The van der Waals surface area contributed by atoms with Crippen molar-refractivity contribution < 1.29 is 9.50 Å². The van der Waals surface area contributed by atoms with Gasteiger partial charge in [-0.1, -0.05) is 24.4 Å². The number of hydrogen-bond donors (Lipinski definition) is 2. The Morgan fingerprint density at radius 3 is 2.78 bits per heavy atom. The second kappa shape index (κ2) is 5.73. The Balaban J connectivity index is 2.17. The second-order valence-electron chi connectivity index (χ2n) is 4.57. The Morgan fingerprint density at radius 2 is 2.22 bits per heavy atom. The molecule has 1 aromatic rings. The van der Waals surface area contributed by atoms with Crippen LogP contribution in [0.5, 0.6) is 0 Å². The van der Waals surface area contributed by atoms with E-state index in [0.717, 1.165) is 12.8 Å². The molecule has 0 aliphatic heterocycles. The van der Waals surface area contributed by atoms with Crippen LogP contribution in [0, 0.1) is 5.82 Å². The Bertz CT molecular complexity index is 449. The maximum Gasteiger partial charge on any atom is 0.137 e. The van der Waals surface area contributed by atoms with Crippen LogP contribution in [-0.2, 0) is 6.54 Å². The zero-order chi connectivity index (χ0) is 13.1. The first kappa shape index (κ1) is 13.4. The summed E-state index contributed by atoms with van der Waals surface area (Å²) >= 11 is 4.82. The minimum absolute atomic E-state index is 0.0782. The van der Waals surface area contributed by atoms with Crippen molar-refractivity contribution in [2.24, 2.45) is 5.73 Å². The number of aliphatic hydroxyl groups excluding tert-OH is 1. The van der Waals surface area contributed by atoms with Gasteiger partial charge < -0.3 is 10.8 Å². The molecular weight excluding hydrogens is 251 g/mol. The molecule has 2 rings (SSSR count). The summed E-state index contributed by atoms with van der Waals surface area (Å²) in [6.45, 7) is 1.15. The van der Waals surface area contributed by atoms with Crippen LogP contribution in [0.4, 0.5) is 4.39 Å². The molecule has 1 aromatic carbocycles. The summed E-state index contributed by atoms with van der Waals surface area (Å²) in [6.07, 6.45) is 2.24. The van der Waals surface area contributed by atoms with Crippen LogP contribution in [0.15, 0.2) is 18.2 Å². The highest BCUT2D eigenvalue weighted by Crippen LogP contribution is 2.28. The van der Waals surface area contributed by atoms with Gasteiger partial charge in [0.2, 0.25) is 0 Å². The van der Waals surface area contributed by atoms with E-state index in [2.05, 4.69) is 4.90 Å². The van der Waals surface area contributed by atoms with E-state index < -0.39 is 0 Å². The fraction of sp³-hybridized carbons (Fsp3) is 0.462. The Hall–Kier alpha value is -1.04. The molecule has 3 nitrogen and oxygen atoms in total. The first-order valence-corrected chi connectivity index (χ1v) is 6.46. The highest BCUT2D eigenvalue weighted by Gasteiger charge is 2.29. The van der Waals surface area contributed by atoms with Crippen molar-refractivity contribution in [3.8, 4) is 0 Å². The fourth-order valence-corrected chi connectivity index (χ4v) is 2.23. The van der Waals surface area contributed by atoms with E-state index in [0.29, 0.717) is 30.3 Å². The van der Waals surface area contributed by atoms with Crippen molar-refractivity contribution in [3.05, 3.63) is 35.1 Å². The molecule has 1 aliphatic carbocycles. The first-order chi connectivity index (χ1) is 8.63. The van der Waals surface area contributed by atoms with Gasteiger partial charge in [-0.2, -0.15) is 0 Å². The highest BCUT2D eigenvalue weighted by molar-refractivity contribution is 7.80. The predicted molar refractivity (Wildman–Crippen MR) is 72.8 cm³/mol. The van der Waals surface area contributed by atoms with Gasteiger partial charge in [0.05, 0.1) is 6.61 Å². The standard InChI is InChI=1S/C13H17FN2OS/c14-12-9(2-1-3-11(12)13(15)18)8-16(6-7-17)10-4-5-10/h1-3,10,17H,4-8H2,(H2,15,18). The summed E-state index contributed by atoms with van der Waals surface area (Å²) < 4.78 is 14.2. The number of aliphatic hydroxyl groups is 1. The van der Waals surface area contributed by atoms with Gasteiger partial charge in [0.1, 0.15) is 10.8 Å². The molecule has 0 aromatic heterocycles. The number of thiocarbonyl (C=S) groups is 1. The maximum absolute atomic E-state index is 14.2. The third-order valence-electron chi connectivity index (χ3n) is 3.17. The van der Waals surface area contributed by atoms with Crippen LogP contribution < -0.4 is 5.73 Å². The summed E-state index contributed by atoms with van der Waals surface area (Å²) in [5.74, 6) is -0.339. The number of benzene rings is 1. The van der Waals surface area contributed by atoms with Crippen LogP contribution in [-0.4, -0.2) is 34.2 Å². The molecule has 1 fully saturated rings. The molecule has 0 saturated heterocycles. The molecule has 0 amide bonds. The minimum Gasteiger partial charge on any atom is -0.395 e. The van der Waals surface area contributed by atoms with E-state index in [1.165, 1.54) is 0 Å². The summed E-state index contributed by atoms with van der Waals surface area (Å²) in [7, 11) is 0. The lowest BCUT2D eigenvalue weighted by Gasteiger charge is -2.21. The molecule has 1 saturated carbocycles. The van der Waals surface area contributed by atoms with Crippen molar-refractivity contribution in [1.82, 2.24) is 4.90 Å². The van der Waals surface area contributed by atoms with E-state index >= 15 is 0 Å². The molecule has 0 bridgehead atoms. The molecule has 0 spiro atoms. The fourth-order valence-electron chi connectivity index (χ4n) is 2.07. The van der Waals surface area contributed by atoms with Crippen LogP contribution in [0.25, 0.3) is 0 Å². The van der Waals surface area contributed by atoms with Gasteiger partial charge in [0.15, 0.2) is 0 Å². The molecule has 3 N–H and O–H groups in total. The average molecular weight is 268 g/mol. The molecule has 1 aliphatic rings. The van der Waals surface area contributed by atoms with Crippen LogP contribution in [0.2, 0.25) is 0 Å². The summed E-state index contributed by atoms with van der Waals surface area (Å²) in [5, 5.41) is 9.03. The monoisotopic (exact) mass is 268 g/mol. The van der Waals surface area contributed by atoms with Gasteiger partial charge in [-0.25, -0.2) is 4.39 Å². The minimum atomic E-state index is -0.339. The van der Waals surface area contributed by atoms with Gasteiger partial charge in [-0.15, -0.1) is 0 Å². The molecule has 0 heterocycles. The Labute approximate surface area is 111 Å². The van der Waals surface area contributed by atoms with Gasteiger partial charge >= 0.3 is 0 Å². The van der Waals surface area contributed by atoms with Crippen molar-refractivity contribution in [3.63, 3.8) is 0 Å². The maximum atomic E-state index is 14.2. The highest BCUT2D eigenvalue weighted by atomic mass is 32.1. The topological polar surface area (TPSA) is 49.5 Å². The zero-order valence-corrected chi connectivity index (χ0v) is 10.9. The lowest BCUT2D eigenvalue weighted by Crippen LogP contribution is -2.29. The lowest BCUT2D eigenvalue weighted by atomic mass is 10.1. The third-order valence-corrected chi connectivity index (χ3v) is 3.39. The molecule has 0 atom stereocenters. The van der Waals surface area contributed by atoms with Crippen molar-refractivity contribution in [1.29, 1.82) is 0 Å². The number of nitrogens with zero attached hydrogens (tertiary/aromatic N) is 1. The van der Waals surface area contributed by atoms with Crippen LogP contribution in [0.3, 0.4) is 0 Å². The van der Waals surface area contributed by atoms with Crippen LogP contribution in [0.1, 0.15) is 24.0 Å². The van der Waals surface area contributed by atoms with Gasteiger partial charge in [0.25, 0.3) is 0 Å². The number of rotatable bonds is 6. The van der Waals surface area contributed by atoms with E-state index in [4.69, 9.17) is 23.1 Å².